The Labute approximate surface area is 123 Å². The van der Waals surface area contributed by atoms with E-state index in [0.717, 1.165) is 5.56 Å². The van der Waals surface area contributed by atoms with Crippen molar-refractivity contribution >= 4 is 5.78 Å². The first kappa shape index (κ1) is 15.0. The first-order chi connectivity index (χ1) is 10.0. The molecule has 0 spiro atoms. The number of halogens is 1. The molecule has 21 heavy (non-hydrogen) atoms. The molecule has 0 N–H and O–H groups in total. The van der Waals surface area contributed by atoms with Crippen LogP contribution in [0.4, 0.5) is 4.39 Å². The Morgan fingerprint density at radius 3 is 2.52 bits per heavy atom. The topological polar surface area (TPSA) is 35.5 Å². The molecule has 0 aliphatic carbocycles. The molecule has 0 aromatic heterocycles. The van der Waals surface area contributed by atoms with Crippen molar-refractivity contribution in [3.63, 3.8) is 0 Å². The van der Waals surface area contributed by atoms with E-state index in [4.69, 9.17) is 9.47 Å². The lowest BCUT2D eigenvalue weighted by Gasteiger charge is -2.11. The average Bonchev–Trinajstić information content (AvgIpc) is 2.45. The normalized spacial score (nSPS) is 10.3. The lowest BCUT2D eigenvalue weighted by molar-refractivity contribution is 0.101. The molecule has 0 atom stereocenters. The third-order valence-electron chi connectivity index (χ3n) is 3.13. The quantitative estimate of drug-likeness (QED) is 0.782. The molecule has 0 saturated heterocycles. The van der Waals surface area contributed by atoms with Crippen molar-refractivity contribution in [3.8, 4) is 11.5 Å². The second kappa shape index (κ2) is 6.39. The third kappa shape index (κ3) is 3.60. The zero-order valence-electron chi connectivity index (χ0n) is 12.3. The van der Waals surface area contributed by atoms with Crippen LogP contribution in [-0.2, 0) is 6.61 Å². The summed E-state index contributed by atoms with van der Waals surface area (Å²) in [6, 6.07) is 10.0. The summed E-state index contributed by atoms with van der Waals surface area (Å²) in [6.45, 7) is 3.60. The van der Waals surface area contributed by atoms with Gasteiger partial charge in [-0.2, -0.15) is 0 Å². The van der Waals surface area contributed by atoms with Crippen molar-refractivity contribution in [2.24, 2.45) is 0 Å². The van der Waals surface area contributed by atoms with Gasteiger partial charge in [0.1, 0.15) is 12.4 Å². The zero-order chi connectivity index (χ0) is 15.4. The van der Waals surface area contributed by atoms with Crippen molar-refractivity contribution in [3.05, 3.63) is 58.9 Å². The second-order valence-electron chi connectivity index (χ2n) is 4.81. The molecule has 0 saturated carbocycles. The Kier molecular flexibility index (Phi) is 4.58. The Morgan fingerprint density at radius 1 is 1.14 bits per heavy atom. The van der Waals surface area contributed by atoms with Crippen molar-refractivity contribution in [1.82, 2.24) is 0 Å². The van der Waals surface area contributed by atoms with E-state index in [1.807, 2.05) is 13.0 Å². The van der Waals surface area contributed by atoms with Crippen LogP contribution in [-0.4, -0.2) is 12.9 Å². The number of rotatable bonds is 5. The Hall–Kier alpha value is -2.36. The lowest BCUT2D eigenvalue weighted by Crippen LogP contribution is -2.02. The van der Waals surface area contributed by atoms with Crippen LogP contribution in [0.25, 0.3) is 0 Å². The maximum absolute atomic E-state index is 13.6. The highest BCUT2D eigenvalue weighted by molar-refractivity contribution is 5.96. The molecule has 0 radical (unpaired) electrons. The fraction of sp³-hybridized carbons (Fsp3) is 0.235. The summed E-state index contributed by atoms with van der Waals surface area (Å²) in [4.78, 5) is 11.6. The Morgan fingerprint density at radius 2 is 1.90 bits per heavy atom. The van der Waals surface area contributed by atoms with Gasteiger partial charge in [-0.05, 0) is 49.2 Å². The molecular formula is C17H17FO3. The maximum Gasteiger partial charge on any atom is 0.165 e. The average molecular weight is 288 g/mol. The molecule has 0 bridgehead atoms. The number of hydrogen-bond donors (Lipinski definition) is 0. The summed E-state index contributed by atoms with van der Waals surface area (Å²) in [7, 11) is 1.42. The fourth-order valence-corrected chi connectivity index (χ4v) is 2.00. The van der Waals surface area contributed by atoms with E-state index in [-0.39, 0.29) is 18.1 Å². The van der Waals surface area contributed by atoms with Crippen LogP contribution >= 0.6 is 0 Å². The number of ether oxygens (including phenoxy) is 2. The van der Waals surface area contributed by atoms with Gasteiger partial charge in [-0.3, -0.25) is 4.79 Å². The highest BCUT2D eigenvalue weighted by Crippen LogP contribution is 2.23. The minimum Gasteiger partial charge on any atom is -0.494 e. The number of hydrogen-bond acceptors (Lipinski definition) is 3. The fourth-order valence-electron chi connectivity index (χ4n) is 2.00. The van der Waals surface area contributed by atoms with E-state index in [1.165, 1.54) is 20.1 Å². The zero-order valence-corrected chi connectivity index (χ0v) is 12.3. The van der Waals surface area contributed by atoms with Gasteiger partial charge in [-0.15, -0.1) is 0 Å². The summed E-state index contributed by atoms with van der Waals surface area (Å²) in [5.74, 6) is 0.206. The van der Waals surface area contributed by atoms with Crippen LogP contribution in [0.5, 0.6) is 11.5 Å². The summed E-state index contributed by atoms with van der Waals surface area (Å²) in [5.41, 5.74) is 2.19. The number of ketones is 1. The van der Waals surface area contributed by atoms with Crippen LogP contribution in [0.1, 0.15) is 28.4 Å². The second-order valence-corrected chi connectivity index (χ2v) is 4.81. The number of carbonyl (C=O) groups is 1. The van der Waals surface area contributed by atoms with E-state index < -0.39 is 5.82 Å². The lowest BCUT2D eigenvalue weighted by atomic mass is 10.1. The summed E-state index contributed by atoms with van der Waals surface area (Å²) in [5, 5.41) is 0. The molecule has 2 aromatic rings. The van der Waals surface area contributed by atoms with Crippen LogP contribution in [0, 0.1) is 12.7 Å². The standard InChI is InChI=1S/C17H17FO3/c1-11-4-6-14(12(2)19)17(8-11)21-10-13-5-7-16(20-3)15(18)9-13/h4-9H,10H2,1-3H3. The molecular weight excluding hydrogens is 271 g/mol. The van der Waals surface area contributed by atoms with Gasteiger partial charge in [0.2, 0.25) is 0 Å². The van der Waals surface area contributed by atoms with E-state index in [2.05, 4.69) is 0 Å². The van der Waals surface area contributed by atoms with Gasteiger partial charge >= 0.3 is 0 Å². The van der Waals surface area contributed by atoms with Crippen LogP contribution < -0.4 is 9.47 Å². The molecule has 0 aliphatic rings. The first-order valence-electron chi connectivity index (χ1n) is 6.58. The molecule has 0 heterocycles. The van der Waals surface area contributed by atoms with Gasteiger partial charge in [0.05, 0.1) is 12.7 Å². The Bertz CT molecular complexity index is 665. The largest absolute Gasteiger partial charge is 0.494 e. The van der Waals surface area contributed by atoms with Gasteiger partial charge in [0.15, 0.2) is 17.3 Å². The number of aryl methyl sites for hydroxylation is 1. The summed E-state index contributed by atoms with van der Waals surface area (Å²) < 4.78 is 24.1. The van der Waals surface area contributed by atoms with E-state index in [9.17, 15) is 9.18 Å². The molecule has 0 amide bonds. The van der Waals surface area contributed by atoms with Gasteiger partial charge < -0.3 is 9.47 Å². The molecule has 3 nitrogen and oxygen atoms in total. The van der Waals surface area contributed by atoms with Crippen molar-refractivity contribution in [1.29, 1.82) is 0 Å². The SMILES string of the molecule is COc1ccc(COc2cc(C)ccc2C(C)=O)cc1F. The maximum atomic E-state index is 13.6. The minimum atomic E-state index is -0.436. The van der Waals surface area contributed by atoms with Crippen molar-refractivity contribution in [2.75, 3.05) is 7.11 Å². The van der Waals surface area contributed by atoms with Crippen molar-refractivity contribution in [2.45, 2.75) is 20.5 Å². The molecule has 0 aliphatic heterocycles. The van der Waals surface area contributed by atoms with E-state index >= 15 is 0 Å². The monoisotopic (exact) mass is 288 g/mol. The predicted octanol–water partition coefficient (Wildman–Crippen LogP) is 3.92. The number of Topliss-reactive ketones (excluding diaryl/α,β-unsaturated/α-hetero) is 1. The molecule has 2 aromatic carbocycles. The van der Waals surface area contributed by atoms with E-state index in [0.29, 0.717) is 16.9 Å². The molecule has 2 rings (SSSR count). The van der Waals surface area contributed by atoms with Gasteiger partial charge in [-0.1, -0.05) is 12.1 Å². The Balaban J connectivity index is 2.18. The predicted molar refractivity (Wildman–Crippen MR) is 78.5 cm³/mol. The number of carbonyl (C=O) groups excluding carboxylic acids is 1. The highest BCUT2D eigenvalue weighted by Gasteiger charge is 2.10. The highest BCUT2D eigenvalue weighted by atomic mass is 19.1. The third-order valence-corrected chi connectivity index (χ3v) is 3.13. The van der Waals surface area contributed by atoms with Crippen LogP contribution in [0.2, 0.25) is 0 Å². The summed E-state index contributed by atoms with van der Waals surface area (Å²) in [6.07, 6.45) is 0. The molecule has 0 unspecified atom stereocenters. The molecule has 0 fully saturated rings. The minimum absolute atomic E-state index is 0.0640. The number of benzene rings is 2. The van der Waals surface area contributed by atoms with Gasteiger partial charge in [0.25, 0.3) is 0 Å². The van der Waals surface area contributed by atoms with Crippen LogP contribution in [0.3, 0.4) is 0 Å². The first-order valence-corrected chi connectivity index (χ1v) is 6.58. The van der Waals surface area contributed by atoms with Crippen molar-refractivity contribution < 1.29 is 18.7 Å². The number of methoxy groups -OCH3 is 1. The molecule has 4 heteroatoms. The van der Waals surface area contributed by atoms with Gasteiger partial charge in [0, 0.05) is 0 Å². The van der Waals surface area contributed by atoms with E-state index in [1.54, 1.807) is 24.3 Å². The van der Waals surface area contributed by atoms with Gasteiger partial charge in [-0.25, -0.2) is 4.39 Å². The smallest absolute Gasteiger partial charge is 0.165 e. The van der Waals surface area contributed by atoms with Crippen LogP contribution in [0.15, 0.2) is 36.4 Å². The summed E-state index contributed by atoms with van der Waals surface area (Å²) >= 11 is 0. The molecule has 110 valence electrons.